The number of ether oxygens (including phenoxy) is 1. The fourth-order valence-electron chi connectivity index (χ4n) is 3.15. The molecule has 0 saturated carbocycles. The van der Waals surface area contributed by atoms with Gasteiger partial charge in [0.15, 0.2) is 0 Å². The van der Waals surface area contributed by atoms with Crippen molar-refractivity contribution in [3.05, 3.63) is 71.1 Å². The van der Waals surface area contributed by atoms with E-state index in [-0.39, 0.29) is 6.42 Å². The second-order valence-corrected chi connectivity index (χ2v) is 10.8. The Morgan fingerprint density at radius 2 is 1.83 bits per heavy atom. The molecule has 8 nitrogen and oxygen atoms in total. The molecule has 2 atom stereocenters. The summed E-state index contributed by atoms with van der Waals surface area (Å²) in [6, 6.07) is 17.5. The fourth-order valence-corrected chi connectivity index (χ4v) is 4.34. The molecule has 10 heteroatoms. The van der Waals surface area contributed by atoms with E-state index < -0.39 is 31.3 Å². The number of hydrogen-bond donors (Lipinski definition) is 3. The fraction of sp³-hybridized carbons (Fsp3) is 0.240. The zero-order valence-corrected chi connectivity index (χ0v) is 21.2. The maximum absolute atomic E-state index is 13.0. The number of nitriles is 1. The molecule has 0 spiro atoms. The number of thiophene rings is 1. The Morgan fingerprint density at radius 3 is 2.40 bits per heavy atom. The lowest BCUT2D eigenvalue weighted by Crippen LogP contribution is -2.27. The van der Waals surface area contributed by atoms with Crippen LogP contribution in [0.4, 0.5) is 16.2 Å². The third kappa shape index (κ3) is 7.46. The van der Waals surface area contributed by atoms with Crippen molar-refractivity contribution < 1.29 is 23.8 Å². The Morgan fingerprint density at radius 1 is 1.11 bits per heavy atom. The summed E-state index contributed by atoms with van der Waals surface area (Å²) in [5.74, 6) is -0.405. The molecule has 0 fully saturated rings. The van der Waals surface area contributed by atoms with Crippen molar-refractivity contribution in [2.75, 3.05) is 10.6 Å². The van der Waals surface area contributed by atoms with Crippen molar-refractivity contribution >= 4 is 42.7 Å². The molecule has 1 heterocycles. The van der Waals surface area contributed by atoms with Crippen LogP contribution < -0.4 is 10.6 Å². The number of carbonyl (C=O) groups excluding carboxylic acids is 2. The summed E-state index contributed by atoms with van der Waals surface area (Å²) < 4.78 is 16.6. The first-order valence-corrected chi connectivity index (χ1v) is 12.8. The molecule has 0 bridgehead atoms. The van der Waals surface area contributed by atoms with Crippen LogP contribution in [0.2, 0.25) is 0 Å². The van der Waals surface area contributed by atoms with Gasteiger partial charge in [0, 0.05) is 16.9 Å². The van der Waals surface area contributed by atoms with E-state index in [1.54, 1.807) is 68.5 Å². The van der Waals surface area contributed by atoms with Crippen LogP contribution in [0.3, 0.4) is 0 Å². The molecule has 180 valence electrons. The molecule has 1 aromatic heterocycles. The Kier molecular flexibility index (Phi) is 8.36. The topological polar surface area (TPSA) is 129 Å². The monoisotopic (exact) mass is 510 g/mol. The summed E-state index contributed by atoms with van der Waals surface area (Å²) in [7, 11) is -2.61. The molecule has 2 unspecified atom stereocenters. The molecule has 2 aromatic carbocycles. The molecule has 3 N–H and O–H groups in total. The van der Waals surface area contributed by atoms with Gasteiger partial charge >= 0.3 is 14.1 Å². The van der Waals surface area contributed by atoms with E-state index in [4.69, 9.17) is 10.00 Å². The standard InChI is InChI=1S/C25H24N3O5PS/c1-25(2,3)33-24(30)28-20-11-10-18(22-5-4-12-35-22)14-21(20)27-23(29)17-8-6-16(7-9-17)13-19(15-26)34(31)32/h4-12,14,19H,13H2,1-3H3,(H2-,27,28,29,30,31,32)/p+1. The number of amides is 2. The Balaban J connectivity index is 1.83. The molecular formula is C25H25N3O5PS+. The van der Waals surface area contributed by atoms with Gasteiger partial charge in [-0.2, -0.15) is 10.2 Å². The van der Waals surface area contributed by atoms with Gasteiger partial charge in [-0.25, -0.2) is 4.79 Å². The van der Waals surface area contributed by atoms with Crippen LogP contribution in [0.5, 0.6) is 0 Å². The number of nitrogens with zero attached hydrogens (tertiary/aromatic N) is 1. The lowest BCUT2D eigenvalue weighted by molar-refractivity contribution is 0.0635. The Hall–Kier alpha value is -3.57. The number of anilines is 2. The van der Waals surface area contributed by atoms with Gasteiger partial charge in [-0.1, -0.05) is 24.3 Å². The molecule has 3 rings (SSSR count). The van der Waals surface area contributed by atoms with Crippen LogP contribution in [-0.4, -0.2) is 28.2 Å². The number of hydrogen-bond acceptors (Lipinski definition) is 6. The van der Waals surface area contributed by atoms with E-state index in [9.17, 15) is 19.0 Å². The van der Waals surface area contributed by atoms with Crippen LogP contribution in [0, 0.1) is 11.3 Å². The number of rotatable bonds is 7. The molecule has 0 aliphatic carbocycles. The zero-order chi connectivity index (χ0) is 25.6. The Labute approximate surface area is 208 Å². The SMILES string of the molecule is CC(C)(C)OC(=O)Nc1ccc(-c2cccs2)cc1NC(=O)c1ccc(CC(C#N)[P+](=O)O)cc1. The minimum atomic E-state index is -2.61. The minimum Gasteiger partial charge on any atom is -0.444 e. The van der Waals surface area contributed by atoms with Crippen molar-refractivity contribution in [1.29, 1.82) is 5.26 Å². The lowest BCUT2D eigenvalue weighted by Gasteiger charge is -2.21. The summed E-state index contributed by atoms with van der Waals surface area (Å²) in [5, 5.41) is 16.5. The maximum atomic E-state index is 13.0. The van der Waals surface area contributed by atoms with E-state index >= 15 is 0 Å². The predicted octanol–water partition coefficient (Wildman–Crippen LogP) is 6.18. The molecule has 0 saturated heterocycles. The van der Waals surface area contributed by atoms with Crippen LogP contribution in [0.1, 0.15) is 36.7 Å². The average molecular weight is 511 g/mol. The first-order chi connectivity index (χ1) is 16.6. The van der Waals surface area contributed by atoms with E-state index in [0.29, 0.717) is 22.5 Å². The molecule has 0 radical (unpaired) electrons. The molecular weight excluding hydrogens is 485 g/mol. The lowest BCUT2D eigenvalue weighted by atomic mass is 10.1. The van der Waals surface area contributed by atoms with E-state index in [1.165, 1.54) is 0 Å². The first-order valence-electron chi connectivity index (χ1n) is 10.7. The highest BCUT2D eigenvalue weighted by Gasteiger charge is 2.28. The molecule has 35 heavy (non-hydrogen) atoms. The van der Waals surface area contributed by atoms with Crippen LogP contribution in [-0.2, 0) is 15.7 Å². The summed E-state index contributed by atoms with van der Waals surface area (Å²) in [6.07, 6.45) is -0.535. The molecule has 0 aliphatic heterocycles. The van der Waals surface area contributed by atoms with Gasteiger partial charge < -0.3 is 10.1 Å². The van der Waals surface area contributed by atoms with Gasteiger partial charge in [0.25, 0.3) is 11.6 Å². The van der Waals surface area contributed by atoms with Crippen molar-refractivity contribution in [2.24, 2.45) is 0 Å². The molecule has 0 aliphatic rings. The van der Waals surface area contributed by atoms with Crippen molar-refractivity contribution in [3.8, 4) is 16.5 Å². The number of nitrogens with one attached hydrogen (secondary N) is 2. The van der Waals surface area contributed by atoms with Crippen LogP contribution >= 0.6 is 19.4 Å². The quantitative estimate of drug-likeness (QED) is 0.325. The first kappa shape index (κ1) is 26.0. The van der Waals surface area contributed by atoms with Gasteiger partial charge in [-0.15, -0.1) is 11.3 Å². The van der Waals surface area contributed by atoms with Gasteiger partial charge in [0.05, 0.1) is 11.4 Å². The maximum Gasteiger partial charge on any atom is 0.524 e. The predicted molar refractivity (Wildman–Crippen MR) is 137 cm³/mol. The van der Waals surface area contributed by atoms with E-state index in [0.717, 1.165) is 10.4 Å². The van der Waals surface area contributed by atoms with Gasteiger partial charge in [-0.05, 0) is 72.2 Å². The zero-order valence-electron chi connectivity index (χ0n) is 19.4. The highest BCUT2D eigenvalue weighted by molar-refractivity contribution is 7.39. The van der Waals surface area contributed by atoms with Gasteiger partial charge in [-0.3, -0.25) is 10.1 Å². The highest BCUT2D eigenvalue weighted by Crippen LogP contribution is 2.32. The van der Waals surface area contributed by atoms with Crippen LogP contribution in [0.25, 0.3) is 10.4 Å². The number of benzene rings is 2. The summed E-state index contributed by atoms with van der Waals surface area (Å²) in [6.45, 7) is 5.28. The molecule has 2 amide bonds. The largest absolute Gasteiger partial charge is 0.524 e. The molecule has 3 aromatic rings. The Bertz CT molecular complexity index is 1260. The van der Waals surface area contributed by atoms with E-state index in [1.807, 2.05) is 29.6 Å². The van der Waals surface area contributed by atoms with Crippen molar-refractivity contribution in [2.45, 2.75) is 38.5 Å². The average Bonchev–Trinajstić information content (AvgIpc) is 3.32. The van der Waals surface area contributed by atoms with E-state index in [2.05, 4.69) is 10.6 Å². The number of carbonyl (C=O) groups is 2. The summed E-state index contributed by atoms with van der Waals surface area (Å²) >= 11 is 1.55. The third-order valence-electron chi connectivity index (χ3n) is 4.77. The van der Waals surface area contributed by atoms with Crippen LogP contribution in [0.15, 0.2) is 60.0 Å². The minimum absolute atomic E-state index is 0.108. The summed E-state index contributed by atoms with van der Waals surface area (Å²) in [5.41, 5.74) is 0.982. The highest BCUT2D eigenvalue weighted by atomic mass is 32.1. The van der Waals surface area contributed by atoms with Gasteiger partial charge in [0.1, 0.15) is 11.7 Å². The second-order valence-electron chi connectivity index (χ2n) is 8.67. The summed E-state index contributed by atoms with van der Waals surface area (Å²) in [4.78, 5) is 35.5. The van der Waals surface area contributed by atoms with Crippen molar-refractivity contribution in [3.63, 3.8) is 0 Å². The second kappa shape index (κ2) is 11.2. The van der Waals surface area contributed by atoms with Crippen molar-refractivity contribution in [1.82, 2.24) is 0 Å². The smallest absolute Gasteiger partial charge is 0.444 e. The van der Waals surface area contributed by atoms with Gasteiger partial charge in [0.2, 0.25) is 0 Å². The normalized spacial score (nSPS) is 12.3. The third-order valence-corrected chi connectivity index (χ3v) is 6.52.